The minimum Gasteiger partial charge on any atom is -0.345 e. The number of amides is 2. The number of para-hydroxylation sites is 1. The largest absolute Gasteiger partial charge is 0.345 e. The van der Waals surface area contributed by atoms with Crippen LogP contribution in [0.15, 0.2) is 30.3 Å². The molecule has 1 aliphatic heterocycles. The summed E-state index contributed by atoms with van der Waals surface area (Å²) in [4.78, 5) is 25.4. The Balaban J connectivity index is 1.51. The van der Waals surface area contributed by atoms with Gasteiger partial charge >= 0.3 is 11.8 Å². The summed E-state index contributed by atoms with van der Waals surface area (Å²) in [5.74, 6) is 1.55. The van der Waals surface area contributed by atoms with E-state index in [0.717, 1.165) is 47.7 Å². The maximum absolute atomic E-state index is 12.7. The monoisotopic (exact) mass is 412 g/mol. The van der Waals surface area contributed by atoms with Gasteiger partial charge in [-0.1, -0.05) is 39.0 Å². The molecule has 1 aromatic carbocycles. The highest BCUT2D eigenvalue weighted by molar-refractivity contribution is 7.98. The Hall–Kier alpha value is -2.28. The second-order valence-electron chi connectivity index (χ2n) is 9.05. The lowest BCUT2D eigenvalue weighted by atomic mass is 9.70. The van der Waals surface area contributed by atoms with E-state index in [0.29, 0.717) is 11.7 Å². The van der Waals surface area contributed by atoms with E-state index in [9.17, 15) is 9.59 Å². The van der Waals surface area contributed by atoms with Gasteiger partial charge in [0.05, 0.1) is 11.4 Å². The number of hydrogen-bond acceptors (Lipinski definition) is 4. The number of fused-ring (bicyclic) bond motifs is 1. The molecule has 6 nitrogen and oxygen atoms in total. The van der Waals surface area contributed by atoms with Crippen molar-refractivity contribution in [2.75, 3.05) is 5.32 Å². The van der Waals surface area contributed by atoms with E-state index in [2.05, 4.69) is 36.5 Å². The molecule has 0 saturated heterocycles. The number of nitrogens with zero attached hydrogens (tertiary/aromatic N) is 2. The minimum atomic E-state index is -0.627. The van der Waals surface area contributed by atoms with Crippen LogP contribution in [-0.2, 0) is 21.1 Å². The first-order valence-corrected chi connectivity index (χ1v) is 11.3. The van der Waals surface area contributed by atoms with Crippen LogP contribution in [0.25, 0.3) is 5.69 Å². The van der Waals surface area contributed by atoms with E-state index in [1.165, 1.54) is 0 Å². The molecule has 2 heterocycles. The Morgan fingerprint density at radius 3 is 2.62 bits per heavy atom. The topological polar surface area (TPSA) is 76.0 Å². The summed E-state index contributed by atoms with van der Waals surface area (Å²) in [5.41, 5.74) is 3.02. The van der Waals surface area contributed by atoms with Crippen LogP contribution in [0.1, 0.15) is 51.3 Å². The van der Waals surface area contributed by atoms with Gasteiger partial charge in [0.2, 0.25) is 0 Å². The van der Waals surface area contributed by atoms with Gasteiger partial charge in [0, 0.05) is 23.1 Å². The maximum atomic E-state index is 12.7. The summed E-state index contributed by atoms with van der Waals surface area (Å²) < 4.78 is 1.74. The van der Waals surface area contributed by atoms with E-state index in [1.54, 1.807) is 16.4 Å². The average molecular weight is 413 g/mol. The van der Waals surface area contributed by atoms with E-state index < -0.39 is 11.8 Å². The first-order valence-electron chi connectivity index (χ1n) is 10.2. The van der Waals surface area contributed by atoms with Crippen molar-refractivity contribution in [1.29, 1.82) is 0 Å². The van der Waals surface area contributed by atoms with Crippen molar-refractivity contribution in [2.45, 2.75) is 57.6 Å². The summed E-state index contributed by atoms with van der Waals surface area (Å²) >= 11 is 1.76. The fourth-order valence-electron chi connectivity index (χ4n) is 4.77. The molecular weight excluding hydrogens is 384 g/mol. The van der Waals surface area contributed by atoms with Crippen molar-refractivity contribution in [2.24, 2.45) is 11.3 Å². The predicted molar refractivity (Wildman–Crippen MR) is 116 cm³/mol. The number of thioether (sulfide) groups is 1. The van der Waals surface area contributed by atoms with Gasteiger partial charge < -0.3 is 10.6 Å². The molecule has 1 aromatic heterocycles. The number of aromatic nitrogens is 2. The standard InChI is InChI=1S/C22H28N4O2S/c1-14-9-15(11-22(2,3)10-14)23-20(27)21(28)24-19-17-12-29-13-18(17)25-26(19)16-7-5-4-6-8-16/h4-8,14-15H,9-13H2,1-3H3,(H,23,27)(H,24,28)/t14-,15+/m1/s1. The molecule has 0 radical (unpaired) electrons. The van der Waals surface area contributed by atoms with Crippen LogP contribution in [0.3, 0.4) is 0 Å². The van der Waals surface area contributed by atoms with Gasteiger partial charge in [-0.05, 0) is 42.7 Å². The van der Waals surface area contributed by atoms with Gasteiger partial charge in [0.15, 0.2) is 0 Å². The Labute approximate surface area is 175 Å². The van der Waals surface area contributed by atoms with Gasteiger partial charge in [-0.3, -0.25) is 9.59 Å². The molecule has 2 amide bonds. The Morgan fingerprint density at radius 2 is 1.90 bits per heavy atom. The van der Waals surface area contributed by atoms with Crippen molar-refractivity contribution in [3.63, 3.8) is 0 Å². The highest BCUT2D eigenvalue weighted by Crippen LogP contribution is 2.38. The summed E-state index contributed by atoms with van der Waals surface area (Å²) in [6.07, 6.45) is 2.95. The zero-order valence-electron chi connectivity index (χ0n) is 17.2. The Morgan fingerprint density at radius 1 is 1.14 bits per heavy atom. The molecule has 29 heavy (non-hydrogen) atoms. The average Bonchev–Trinajstić information content (AvgIpc) is 3.23. The Kier molecular flexibility index (Phi) is 5.42. The summed E-state index contributed by atoms with van der Waals surface area (Å²) in [7, 11) is 0. The van der Waals surface area contributed by atoms with Crippen LogP contribution in [0.2, 0.25) is 0 Å². The molecule has 2 aliphatic rings. The minimum absolute atomic E-state index is 0.0345. The highest BCUT2D eigenvalue weighted by atomic mass is 32.2. The number of hydrogen-bond donors (Lipinski definition) is 2. The summed E-state index contributed by atoms with van der Waals surface area (Å²) in [6.45, 7) is 6.65. The zero-order valence-corrected chi connectivity index (χ0v) is 18.0. The second-order valence-corrected chi connectivity index (χ2v) is 10.0. The number of nitrogens with one attached hydrogen (secondary N) is 2. The van der Waals surface area contributed by atoms with Gasteiger partial charge in [-0.2, -0.15) is 16.9 Å². The third-order valence-corrected chi connectivity index (χ3v) is 6.68. The predicted octanol–water partition coefficient (Wildman–Crippen LogP) is 3.89. The molecule has 2 N–H and O–H groups in total. The van der Waals surface area contributed by atoms with Gasteiger partial charge in [0.25, 0.3) is 0 Å². The van der Waals surface area contributed by atoms with Crippen LogP contribution in [0.4, 0.5) is 5.82 Å². The fourth-order valence-corrected chi connectivity index (χ4v) is 5.80. The molecule has 0 unspecified atom stereocenters. The van der Waals surface area contributed by atoms with Gasteiger partial charge in [0.1, 0.15) is 5.82 Å². The first kappa shape index (κ1) is 20.0. The number of benzene rings is 1. The lowest BCUT2D eigenvalue weighted by Crippen LogP contribution is -2.46. The molecular formula is C22H28N4O2S. The van der Waals surface area contributed by atoms with Crippen molar-refractivity contribution in [3.05, 3.63) is 41.6 Å². The zero-order chi connectivity index (χ0) is 20.6. The van der Waals surface area contributed by atoms with Crippen LogP contribution in [-0.4, -0.2) is 27.6 Å². The molecule has 4 rings (SSSR count). The molecule has 1 aliphatic carbocycles. The normalized spacial score (nSPS) is 22.7. The van der Waals surface area contributed by atoms with Crippen molar-refractivity contribution in [1.82, 2.24) is 15.1 Å². The number of rotatable bonds is 3. The lowest BCUT2D eigenvalue weighted by Gasteiger charge is -2.39. The first-order chi connectivity index (χ1) is 13.8. The summed E-state index contributed by atoms with van der Waals surface area (Å²) in [6, 6.07) is 9.72. The molecule has 0 spiro atoms. The molecule has 7 heteroatoms. The molecule has 2 aromatic rings. The summed E-state index contributed by atoms with van der Waals surface area (Å²) in [5, 5.41) is 10.5. The molecule has 154 valence electrons. The van der Waals surface area contributed by atoms with Crippen molar-refractivity contribution in [3.8, 4) is 5.69 Å². The molecule has 1 fully saturated rings. The number of carbonyl (C=O) groups excluding carboxylic acids is 2. The van der Waals surface area contributed by atoms with E-state index in [-0.39, 0.29) is 11.5 Å². The Bertz CT molecular complexity index is 922. The van der Waals surface area contributed by atoms with Crippen molar-refractivity contribution >= 4 is 29.4 Å². The molecule has 1 saturated carbocycles. The lowest BCUT2D eigenvalue weighted by molar-refractivity contribution is -0.137. The van der Waals surface area contributed by atoms with Crippen LogP contribution in [0, 0.1) is 11.3 Å². The number of anilines is 1. The SMILES string of the molecule is C[C@@H]1C[C@H](NC(=O)C(=O)Nc2c3c(nn2-c2ccccc2)CSC3)CC(C)(C)C1. The van der Waals surface area contributed by atoms with E-state index in [4.69, 9.17) is 0 Å². The fraction of sp³-hybridized carbons (Fsp3) is 0.500. The van der Waals surface area contributed by atoms with Gasteiger partial charge in [-0.15, -0.1) is 0 Å². The van der Waals surface area contributed by atoms with Crippen molar-refractivity contribution < 1.29 is 9.59 Å². The van der Waals surface area contributed by atoms with Crippen LogP contribution < -0.4 is 10.6 Å². The third-order valence-electron chi connectivity index (χ3n) is 5.71. The molecule has 2 atom stereocenters. The quantitative estimate of drug-likeness (QED) is 0.750. The van der Waals surface area contributed by atoms with Crippen LogP contribution in [0.5, 0.6) is 0 Å². The third kappa shape index (κ3) is 4.34. The smallest absolute Gasteiger partial charge is 0.314 e. The van der Waals surface area contributed by atoms with Crippen LogP contribution >= 0.6 is 11.8 Å². The molecule has 0 bridgehead atoms. The van der Waals surface area contributed by atoms with E-state index >= 15 is 0 Å². The second kappa shape index (κ2) is 7.86. The van der Waals surface area contributed by atoms with Gasteiger partial charge in [-0.25, -0.2) is 4.68 Å². The van der Waals surface area contributed by atoms with E-state index in [1.807, 2.05) is 30.3 Å². The highest BCUT2D eigenvalue weighted by Gasteiger charge is 2.34. The number of carbonyl (C=O) groups is 2. The maximum Gasteiger partial charge on any atom is 0.314 e.